The van der Waals surface area contributed by atoms with Gasteiger partial charge in [-0.1, -0.05) is 52.4 Å². The van der Waals surface area contributed by atoms with Crippen LogP contribution in [0.15, 0.2) is 48.5 Å². The van der Waals surface area contributed by atoms with E-state index in [4.69, 9.17) is 0 Å². The Morgan fingerprint density at radius 1 is 0.521 bits per heavy atom. The predicted molar refractivity (Wildman–Crippen MR) is 201 cm³/mol. The monoisotopic (exact) mass is 658 g/mol. The Labute approximate surface area is 290 Å². The predicted octanol–water partition coefficient (Wildman–Crippen LogP) is 10.2. The van der Waals surface area contributed by atoms with E-state index in [0.717, 1.165) is 113 Å². The molecule has 4 N–H and O–H groups in total. The summed E-state index contributed by atoms with van der Waals surface area (Å²) in [5.41, 5.74) is 3.89. The normalized spacial score (nSPS) is 20.5. The standard InChI is InChI=1S/C40H62N6O2/c1-3-27-41-33-19-23-35(24-20-33)43-39(47)45(37-11-7-5-8-12-37)29-31-15-17-32(18-16-31)30-46(38-13-9-6-10-14-38)40(48)44-36-25-21-34(22-26-36)42-28-4-2/h19-26,31-32,37-38,41-42H,3-18,27-30H2,1-2H3,(H,43,47)(H,44,48). The first-order valence-corrected chi connectivity index (χ1v) is 19.4. The van der Waals surface area contributed by atoms with Crippen LogP contribution < -0.4 is 21.3 Å². The number of anilines is 4. The maximum atomic E-state index is 13.8. The number of carbonyl (C=O) groups excluding carboxylic acids is 2. The summed E-state index contributed by atoms with van der Waals surface area (Å²) in [4.78, 5) is 31.9. The Morgan fingerprint density at radius 3 is 1.19 bits per heavy atom. The summed E-state index contributed by atoms with van der Waals surface area (Å²) in [5.74, 6) is 1.01. The van der Waals surface area contributed by atoms with Gasteiger partial charge in [-0.25, -0.2) is 9.59 Å². The molecule has 3 fully saturated rings. The van der Waals surface area contributed by atoms with Gasteiger partial charge >= 0.3 is 12.1 Å². The molecule has 0 aromatic heterocycles. The second kappa shape index (κ2) is 18.9. The van der Waals surface area contributed by atoms with Crippen molar-refractivity contribution in [2.75, 3.05) is 47.4 Å². The van der Waals surface area contributed by atoms with Crippen LogP contribution in [0.1, 0.15) is 117 Å². The number of nitrogens with zero attached hydrogens (tertiary/aromatic N) is 2. The van der Waals surface area contributed by atoms with Crippen LogP contribution >= 0.6 is 0 Å². The number of rotatable bonds is 14. The summed E-state index contributed by atoms with van der Waals surface area (Å²) in [5, 5.41) is 13.3. The Hall–Kier alpha value is -3.42. The number of carbonyl (C=O) groups is 2. The first-order chi connectivity index (χ1) is 23.5. The van der Waals surface area contributed by atoms with Crippen molar-refractivity contribution < 1.29 is 9.59 Å². The molecule has 4 amide bonds. The fraction of sp³-hybridized carbons (Fsp3) is 0.650. The highest BCUT2D eigenvalue weighted by molar-refractivity contribution is 5.90. The topological polar surface area (TPSA) is 88.7 Å². The first-order valence-electron chi connectivity index (χ1n) is 19.4. The molecular formula is C40H62N6O2. The van der Waals surface area contributed by atoms with Gasteiger partial charge in [0.1, 0.15) is 0 Å². The highest BCUT2D eigenvalue weighted by Gasteiger charge is 2.33. The molecule has 0 heterocycles. The van der Waals surface area contributed by atoms with Gasteiger partial charge in [0.2, 0.25) is 0 Å². The Kier molecular flexibility index (Phi) is 14.2. The lowest BCUT2D eigenvalue weighted by Gasteiger charge is -2.40. The zero-order valence-corrected chi connectivity index (χ0v) is 29.8. The summed E-state index contributed by atoms with van der Waals surface area (Å²) in [7, 11) is 0. The lowest BCUT2D eigenvalue weighted by atomic mass is 9.80. The summed E-state index contributed by atoms with van der Waals surface area (Å²) in [6.45, 7) is 7.87. The average molecular weight is 659 g/mol. The first kappa shape index (κ1) is 35.9. The van der Waals surface area contributed by atoms with E-state index in [1.165, 1.54) is 38.5 Å². The molecule has 0 atom stereocenters. The number of urea groups is 2. The fourth-order valence-electron chi connectivity index (χ4n) is 8.01. The molecule has 3 saturated carbocycles. The van der Waals surface area contributed by atoms with Gasteiger partial charge in [0.25, 0.3) is 0 Å². The summed E-state index contributed by atoms with van der Waals surface area (Å²) in [6.07, 6.45) is 18.4. The van der Waals surface area contributed by atoms with E-state index in [1.807, 2.05) is 24.3 Å². The van der Waals surface area contributed by atoms with Gasteiger partial charge in [-0.05, 0) is 125 Å². The molecule has 2 aromatic rings. The van der Waals surface area contributed by atoms with Crippen LogP contribution in [0.5, 0.6) is 0 Å². The van der Waals surface area contributed by atoms with Crippen molar-refractivity contribution in [1.82, 2.24) is 9.80 Å². The Balaban J connectivity index is 1.16. The van der Waals surface area contributed by atoms with E-state index >= 15 is 0 Å². The molecule has 0 bridgehead atoms. The van der Waals surface area contributed by atoms with Gasteiger partial charge in [-0.15, -0.1) is 0 Å². The maximum Gasteiger partial charge on any atom is 0.322 e. The highest BCUT2D eigenvalue weighted by atomic mass is 16.2. The van der Waals surface area contributed by atoms with Crippen LogP contribution in [0.2, 0.25) is 0 Å². The highest BCUT2D eigenvalue weighted by Crippen LogP contribution is 2.34. The van der Waals surface area contributed by atoms with Crippen molar-refractivity contribution >= 4 is 34.8 Å². The smallest absolute Gasteiger partial charge is 0.322 e. The van der Waals surface area contributed by atoms with Crippen LogP contribution in [0.25, 0.3) is 0 Å². The van der Waals surface area contributed by atoms with Gasteiger partial charge < -0.3 is 31.1 Å². The zero-order chi connectivity index (χ0) is 33.6. The molecule has 8 heteroatoms. The van der Waals surface area contributed by atoms with Crippen LogP contribution in [0.3, 0.4) is 0 Å². The maximum absolute atomic E-state index is 13.8. The molecule has 48 heavy (non-hydrogen) atoms. The molecule has 0 aliphatic heterocycles. The Bertz CT molecular complexity index is 1130. The third-order valence-corrected chi connectivity index (χ3v) is 10.9. The average Bonchev–Trinajstić information content (AvgIpc) is 3.13. The fourth-order valence-corrected chi connectivity index (χ4v) is 8.01. The minimum Gasteiger partial charge on any atom is -0.385 e. The number of hydrogen-bond donors (Lipinski definition) is 4. The summed E-state index contributed by atoms with van der Waals surface area (Å²) < 4.78 is 0. The van der Waals surface area contributed by atoms with Crippen molar-refractivity contribution in [3.8, 4) is 0 Å². The lowest BCUT2D eigenvalue weighted by molar-refractivity contribution is 0.117. The second-order valence-electron chi connectivity index (χ2n) is 14.6. The zero-order valence-electron chi connectivity index (χ0n) is 29.8. The van der Waals surface area contributed by atoms with Gasteiger partial charge in [0, 0.05) is 61.0 Å². The minimum atomic E-state index is 0.0487. The third kappa shape index (κ3) is 10.8. The van der Waals surface area contributed by atoms with Gasteiger partial charge in [0.05, 0.1) is 0 Å². The largest absolute Gasteiger partial charge is 0.385 e. The molecule has 3 aliphatic carbocycles. The van der Waals surface area contributed by atoms with Gasteiger partial charge in [-0.3, -0.25) is 0 Å². The molecular weight excluding hydrogens is 596 g/mol. The molecule has 3 aliphatic rings. The van der Waals surface area contributed by atoms with Crippen molar-refractivity contribution in [2.45, 2.75) is 129 Å². The van der Waals surface area contributed by atoms with E-state index in [0.29, 0.717) is 23.9 Å². The van der Waals surface area contributed by atoms with Crippen LogP contribution in [-0.4, -0.2) is 60.1 Å². The molecule has 8 nitrogen and oxygen atoms in total. The number of amides is 4. The lowest BCUT2D eigenvalue weighted by Crippen LogP contribution is -2.48. The van der Waals surface area contributed by atoms with Crippen molar-refractivity contribution in [2.24, 2.45) is 11.8 Å². The Morgan fingerprint density at radius 2 is 0.854 bits per heavy atom. The van der Waals surface area contributed by atoms with Gasteiger partial charge in [0.15, 0.2) is 0 Å². The molecule has 5 rings (SSSR count). The number of benzene rings is 2. The van der Waals surface area contributed by atoms with Crippen LogP contribution in [0, 0.1) is 11.8 Å². The van der Waals surface area contributed by atoms with Crippen LogP contribution in [0.4, 0.5) is 32.3 Å². The van der Waals surface area contributed by atoms with E-state index < -0.39 is 0 Å². The molecule has 0 saturated heterocycles. The van der Waals surface area contributed by atoms with E-state index in [1.54, 1.807) is 0 Å². The second-order valence-corrected chi connectivity index (χ2v) is 14.6. The van der Waals surface area contributed by atoms with E-state index in [2.05, 4.69) is 69.2 Å². The van der Waals surface area contributed by atoms with E-state index in [9.17, 15) is 9.59 Å². The summed E-state index contributed by atoms with van der Waals surface area (Å²) >= 11 is 0. The molecule has 2 aromatic carbocycles. The number of nitrogens with one attached hydrogen (secondary N) is 4. The SMILES string of the molecule is CCCNc1ccc(NC(=O)N(CC2CCC(CN(C(=O)Nc3ccc(NCCC)cc3)C3CCCCC3)CC2)C2CCCCC2)cc1. The molecule has 264 valence electrons. The van der Waals surface area contributed by atoms with Crippen molar-refractivity contribution in [3.05, 3.63) is 48.5 Å². The summed E-state index contributed by atoms with van der Waals surface area (Å²) in [6, 6.07) is 17.0. The van der Waals surface area contributed by atoms with Gasteiger partial charge in [-0.2, -0.15) is 0 Å². The van der Waals surface area contributed by atoms with E-state index in [-0.39, 0.29) is 12.1 Å². The van der Waals surface area contributed by atoms with Crippen LogP contribution in [-0.2, 0) is 0 Å². The quantitative estimate of drug-likeness (QED) is 0.163. The van der Waals surface area contributed by atoms with Crippen molar-refractivity contribution in [3.63, 3.8) is 0 Å². The minimum absolute atomic E-state index is 0.0487. The third-order valence-electron chi connectivity index (χ3n) is 10.9. The molecule has 0 unspecified atom stereocenters. The molecule has 0 spiro atoms. The van der Waals surface area contributed by atoms with Crippen molar-refractivity contribution in [1.29, 1.82) is 0 Å². The molecule has 0 radical (unpaired) electrons. The number of hydrogen-bond acceptors (Lipinski definition) is 4.